The average Bonchev–Trinajstić information content (AvgIpc) is 2.63. The molecule has 4 N–H and O–H groups in total. The molecule has 1 aromatic rings. The minimum Gasteiger partial charge on any atom is -0.409 e. The molecule has 1 heterocycles. The zero-order chi connectivity index (χ0) is 12.3. The third kappa shape index (κ3) is 2.90. The van der Waals surface area contributed by atoms with Crippen LogP contribution in [-0.4, -0.2) is 30.5 Å². The Labute approximate surface area is 97.0 Å². The number of nitrogens with two attached hydrogens (primary N) is 1. The molecule has 9 heteroatoms. The largest absolute Gasteiger partial charge is 0.409 e. The summed E-state index contributed by atoms with van der Waals surface area (Å²) < 4.78 is 25.8. The standard InChI is InChI=1S/C7H12N4O3S2/c1-4(7(8)10-12)11-16(13,14)6-3-9-5(2)15-6/h3-4,11-12H,1-2H3,(H2,8,10). The summed E-state index contributed by atoms with van der Waals surface area (Å²) in [7, 11) is -3.66. The third-order valence-corrected chi connectivity index (χ3v) is 4.67. The quantitative estimate of drug-likeness (QED) is 0.303. The summed E-state index contributed by atoms with van der Waals surface area (Å²) in [5, 5.41) is 11.8. The fourth-order valence-electron chi connectivity index (χ4n) is 0.904. The first-order valence-corrected chi connectivity index (χ1v) is 6.59. The van der Waals surface area contributed by atoms with Crippen LogP contribution >= 0.6 is 11.3 Å². The molecular formula is C7H12N4O3S2. The van der Waals surface area contributed by atoms with E-state index in [0.29, 0.717) is 5.01 Å². The summed E-state index contributed by atoms with van der Waals surface area (Å²) in [5.74, 6) is -0.204. The molecule has 1 aromatic heterocycles. The minimum absolute atomic E-state index is 0.0996. The molecule has 0 fully saturated rings. The normalized spacial score (nSPS) is 15.0. The molecule has 0 aromatic carbocycles. The van der Waals surface area contributed by atoms with Crippen LogP contribution < -0.4 is 10.5 Å². The van der Waals surface area contributed by atoms with Gasteiger partial charge in [0.1, 0.15) is 0 Å². The Hall–Kier alpha value is -1.19. The highest BCUT2D eigenvalue weighted by molar-refractivity contribution is 7.91. The van der Waals surface area contributed by atoms with Gasteiger partial charge in [-0.1, -0.05) is 5.16 Å². The number of oxime groups is 1. The monoisotopic (exact) mass is 264 g/mol. The summed E-state index contributed by atoms with van der Waals surface area (Å²) in [6, 6.07) is -0.780. The zero-order valence-electron chi connectivity index (χ0n) is 8.71. The number of rotatable bonds is 4. The van der Waals surface area contributed by atoms with Crippen molar-refractivity contribution in [3.63, 3.8) is 0 Å². The van der Waals surface area contributed by atoms with E-state index in [1.54, 1.807) is 6.92 Å². The maximum atomic E-state index is 11.7. The Morgan fingerprint density at radius 3 is 2.81 bits per heavy atom. The van der Waals surface area contributed by atoms with Gasteiger partial charge in [0.15, 0.2) is 10.0 Å². The van der Waals surface area contributed by atoms with Crippen molar-refractivity contribution in [3.05, 3.63) is 11.2 Å². The molecule has 0 aliphatic heterocycles. The van der Waals surface area contributed by atoms with E-state index in [1.807, 2.05) is 0 Å². The molecule has 1 rings (SSSR count). The molecule has 90 valence electrons. The fourth-order valence-corrected chi connectivity index (χ4v) is 3.24. The van der Waals surface area contributed by atoms with Gasteiger partial charge in [-0.15, -0.1) is 11.3 Å². The number of nitrogens with zero attached hydrogens (tertiary/aromatic N) is 2. The molecule has 0 bridgehead atoms. The van der Waals surface area contributed by atoms with Crippen LogP contribution in [0.4, 0.5) is 0 Å². The highest BCUT2D eigenvalue weighted by Crippen LogP contribution is 2.17. The van der Waals surface area contributed by atoms with Gasteiger partial charge in [-0.2, -0.15) is 4.72 Å². The highest BCUT2D eigenvalue weighted by atomic mass is 32.2. The lowest BCUT2D eigenvalue weighted by Crippen LogP contribution is -2.42. The molecule has 0 saturated carbocycles. The average molecular weight is 264 g/mol. The third-order valence-electron chi connectivity index (χ3n) is 1.76. The molecule has 0 amide bonds. The number of sulfonamides is 1. The van der Waals surface area contributed by atoms with Crippen molar-refractivity contribution in [3.8, 4) is 0 Å². The Kier molecular flexibility index (Phi) is 3.83. The number of hydrogen-bond acceptors (Lipinski definition) is 6. The molecule has 16 heavy (non-hydrogen) atoms. The molecule has 0 radical (unpaired) electrons. The smallest absolute Gasteiger partial charge is 0.252 e. The molecule has 0 aliphatic carbocycles. The summed E-state index contributed by atoms with van der Waals surface area (Å²) in [6.07, 6.45) is 1.27. The summed E-state index contributed by atoms with van der Waals surface area (Å²) in [4.78, 5) is 3.84. The summed E-state index contributed by atoms with van der Waals surface area (Å²) in [6.45, 7) is 3.18. The van der Waals surface area contributed by atoms with Crippen molar-refractivity contribution in [2.24, 2.45) is 10.9 Å². The maximum Gasteiger partial charge on any atom is 0.252 e. The lowest BCUT2D eigenvalue weighted by molar-refractivity contribution is 0.316. The minimum atomic E-state index is -3.66. The Morgan fingerprint density at radius 1 is 1.75 bits per heavy atom. The van der Waals surface area contributed by atoms with E-state index in [0.717, 1.165) is 11.3 Å². The lowest BCUT2D eigenvalue weighted by atomic mass is 10.3. The van der Waals surface area contributed by atoms with Gasteiger partial charge in [0.2, 0.25) is 0 Å². The van der Waals surface area contributed by atoms with E-state index in [2.05, 4.69) is 14.9 Å². The van der Waals surface area contributed by atoms with Gasteiger partial charge >= 0.3 is 0 Å². The Morgan fingerprint density at radius 2 is 2.38 bits per heavy atom. The first kappa shape index (κ1) is 12.9. The summed E-state index contributed by atoms with van der Waals surface area (Å²) >= 11 is 1.05. The summed E-state index contributed by atoms with van der Waals surface area (Å²) in [5.41, 5.74) is 5.27. The van der Waals surface area contributed by atoms with E-state index in [1.165, 1.54) is 13.1 Å². The van der Waals surface area contributed by atoms with E-state index in [-0.39, 0.29) is 10.0 Å². The van der Waals surface area contributed by atoms with Crippen LogP contribution in [0.1, 0.15) is 11.9 Å². The predicted octanol–water partition coefficient (Wildman–Crippen LogP) is -0.135. The molecule has 0 saturated heterocycles. The predicted molar refractivity (Wildman–Crippen MR) is 60.0 cm³/mol. The fraction of sp³-hybridized carbons (Fsp3) is 0.429. The van der Waals surface area contributed by atoms with Crippen molar-refractivity contribution >= 4 is 27.2 Å². The highest BCUT2D eigenvalue weighted by Gasteiger charge is 2.21. The Bertz CT molecular complexity index is 493. The molecule has 1 atom stereocenters. The lowest BCUT2D eigenvalue weighted by Gasteiger charge is -2.10. The number of hydrogen-bond donors (Lipinski definition) is 3. The van der Waals surface area contributed by atoms with Crippen LogP contribution in [-0.2, 0) is 10.0 Å². The number of aromatic nitrogens is 1. The number of nitrogens with one attached hydrogen (secondary N) is 1. The van der Waals surface area contributed by atoms with Crippen LogP contribution in [0, 0.1) is 6.92 Å². The second kappa shape index (κ2) is 4.76. The van der Waals surface area contributed by atoms with Gasteiger partial charge in [-0.25, -0.2) is 13.4 Å². The van der Waals surface area contributed by atoms with E-state index < -0.39 is 16.1 Å². The second-order valence-corrected chi connectivity index (χ2v) is 6.24. The van der Waals surface area contributed by atoms with E-state index >= 15 is 0 Å². The second-order valence-electron chi connectivity index (χ2n) is 3.07. The van der Waals surface area contributed by atoms with Gasteiger partial charge in [0.25, 0.3) is 10.0 Å². The zero-order valence-corrected chi connectivity index (χ0v) is 10.3. The van der Waals surface area contributed by atoms with Gasteiger partial charge in [-0.05, 0) is 13.8 Å². The van der Waals surface area contributed by atoms with Crippen molar-refractivity contribution in [2.75, 3.05) is 0 Å². The van der Waals surface area contributed by atoms with Crippen LogP contribution in [0.5, 0.6) is 0 Å². The molecule has 0 aliphatic rings. The van der Waals surface area contributed by atoms with Crippen LogP contribution in [0.3, 0.4) is 0 Å². The number of amidine groups is 1. The first-order valence-electron chi connectivity index (χ1n) is 4.29. The van der Waals surface area contributed by atoms with E-state index in [4.69, 9.17) is 10.9 Å². The molecular weight excluding hydrogens is 252 g/mol. The number of aryl methyl sites for hydroxylation is 1. The Balaban J connectivity index is 2.89. The SMILES string of the molecule is Cc1ncc(S(=O)(=O)NC(C)C(N)=NO)s1. The molecule has 0 spiro atoms. The molecule has 1 unspecified atom stereocenters. The van der Waals surface area contributed by atoms with Crippen LogP contribution in [0.25, 0.3) is 0 Å². The van der Waals surface area contributed by atoms with Crippen LogP contribution in [0.2, 0.25) is 0 Å². The number of thiazole rings is 1. The van der Waals surface area contributed by atoms with Gasteiger partial charge in [0.05, 0.1) is 17.2 Å². The van der Waals surface area contributed by atoms with Gasteiger partial charge in [0, 0.05) is 0 Å². The van der Waals surface area contributed by atoms with Crippen LogP contribution in [0.15, 0.2) is 15.6 Å². The van der Waals surface area contributed by atoms with Crippen molar-refractivity contribution in [2.45, 2.75) is 24.1 Å². The first-order chi connectivity index (χ1) is 7.36. The molecule has 7 nitrogen and oxygen atoms in total. The van der Waals surface area contributed by atoms with Crippen molar-refractivity contribution < 1.29 is 13.6 Å². The van der Waals surface area contributed by atoms with Crippen molar-refractivity contribution in [1.29, 1.82) is 0 Å². The van der Waals surface area contributed by atoms with Crippen molar-refractivity contribution in [1.82, 2.24) is 9.71 Å². The van der Waals surface area contributed by atoms with Gasteiger partial charge < -0.3 is 10.9 Å². The van der Waals surface area contributed by atoms with E-state index in [9.17, 15) is 8.42 Å². The maximum absolute atomic E-state index is 11.7. The topological polar surface area (TPSA) is 118 Å². The van der Waals surface area contributed by atoms with Gasteiger partial charge in [-0.3, -0.25) is 0 Å².